The second-order valence-electron chi connectivity index (χ2n) is 3.48. The maximum absolute atomic E-state index is 5.55. The van der Waals surface area contributed by atoms with Crippen molar-refractivity contribution in [3.63, 3.8) is 0 Å². The summed E-state index contributed by atoms with van der Waals surface area (Å²) in [5.74, 6) is 1.04. The molecule has 1 heterocycles. The van der Waals surface area contributed by atoms with E-state index in [-0.39, 0.29) is 0 Å². The molecule has 1 aromatic heterocycles. The molecule has 0 bridgehead atoms. The number of hydrogen-bond acceptors (Lipinski definition) is 2. The van der Waals surface area contributed by atoms with Crippen molar-refractivity contribution < 1.29 is 0 Å². The summed E-state index contributed by atoms with van der Waals surface area (Å²) in [5, 5.41) is 0. The van der Waals surface area contributed by atoms with E-state index in [0.29, 0.717) is 4.99 Å². The molecule has 0 spiro atoms. The van der Waals surface area contributed by atoms with Gasteiger partial charge < -0.3 is 10.3 Å². The summed E-state index contributed by atoms with van der Waals surface area (Å²) >= 11 is 4.91. The Labute approximate surface area is 99.9 Å². The van der Waals surface area contributed by atoms with E-state index >= 15 is 0 Å². The van der Waals surface area contributed by atoms with Gasteiger partial charge in [-0.25, -0.2) is 4.98 Å². The van der Waals surface area contributed by atoms with E-state index < -0.39 is 0 Å². The first-order valence-corrected chi connectivity index (χ1v) is 5.55. The zero-order valence-electron chi connectivity index (χ0n) is 9.05. The van der Waals surface area contributed by atoms with E-state index in [2.05, 4.69) is 16.5 Å². The Kier molecular flexibility index (Phi) is 3.01. The van der Waals surface area contributed by atoms with Crippen LogP contribution in [0.15, 0.2) is 36.7 Å². The highest BCUT2D eigenvalue weighted by molar-refractivity contribution is 7.80. The smallest absolute Gasteiger partial charge is 0.112 e. The molecule has 0 radical (unpaired) electrons. The number of rotatable bonds is 3. The van der Waals surface area contributed by atoms with Crippen molar-refractivity contribution in [3.05, 3.63) is 48.0 Å². The van der Waals surface area contributed by atoms with Crippen LogP contribution in [0.5, 0.6) is 0 Å². The van der Waals surface area contributed by atoms with E-state index in [4.69, 9.17) is 18.0 Å². The summed E-state index contributed by atoms with van der Waals surface area (Å²) in [6, 6.07) is 7.85. The monoisotopic (exact) mass is 231 g/mol. The number of thiocarbonyl (C=S) groups is 1. The summed E-state index contributed by atoms with van der Waals surface area (Å²) < 4.78 is 2.06. The fourth-order valence-electron chi connectivity index (χ4n) is 1.62. The van der Waals surface area contributed by atoms with Gasteiger partial charge in [0.2, 0.25) is 0 Å². The third-order valence-corrected chi connectivity index (χ3v) is 2.70. The molecule has 3 nitrogen and oxygen atoms in total. The average molecular weight is 231 g/mol. The highest BCUT2D eigenvalue weighted by atomic mass is 32.1. The van der Waals surface area contributed by atoms with Gasteiger partial charge in [0, 0.05) is 30.1 Å². The Morgan fingerprint density at radius 3 is 2.62 bits per heavy atom. The van der Waals surface area contributed by atoms with Crippen LogP contribution < -0.4 is 5.73 Å². The minimum atomic E-state index is 0.424. The SMILES string of the molecule is CCc1nccn1-c1ccc(C(N)=S)cc1. The lowest BCUT2D eigenvalue weighted by atomic mass is 10.2. The lowest BCUT2D eigenvalue weighted by Crippen LogP contribution is -2.09. The molecular formula is C12H13N3S. The van der Waals surface area contributed by atoms with Gasteiger partial charge in [0.1, 0.15) is 10.8 Å². The summed E-state index contributed by atoms with van der Waals surface area (Å²) in [6.45, 7) is 2.09. The maximum Gasteiger partial charge on any atom is 0.112 e. The molecule has 0 unspecified atom stereocenters. The maximum atomic E-state index is 5.55. The molecule has 2 N–H and O–H groups in total. The lowest BCUT2D eigenvalue weighted by Gasteiger charge is -2.07. The summed E-state index contributed by atoms with van der Waals surface area (Å²) in [5.41, 5.74) is 7.52. The molecule has 16 heavy (non-hydrogen) atoms. The minimum absolute atomic E-state index is 0.424. The molecule has 0 saturated heterocycles. The van der Waals surface area contributed by atoms with Gasteiger partial charge in [0.25, 0.3) is 0 Å². The van der Waals surface area contributed by atoms with Crippen LogP contribution in [0.25, 0.3) is 5.69 Å². The third kappa shape index (κ3) is 1.97. The van der Waals surface area contributed by atoms with Gasteiger partial charge in [-0.3, -0.25) is 0 Å². The van der Waals surface area contributed by atoms with Crippen LogP contribution in [0.2, 0.25) is 0 Å². The topological polar surface area (TPSA) is 43.8 Å². The molecule has 0 aliphatic heterocycles. The number of hydrogen-bond donors (Lipinski definition) is 1. The van der Waals surface area contributed by atoms with Crippen molar-refractivity contribution >= 4 is 17.2 Å². The van der Waals surface area contributed by atoms with Crippen molar-refractivity contribution in [2.45, 2.75) is 13.3 Å². The fraction of sp³-hybridized carbons (Fsp3) is 0.167. The van der Waals surface area contributed by atoms with Crippen LogP contribution >= 0.6 is 12.2 Å². The number of aromatic nitrogens is 2. The Balaban J connectivity index is 2.38. The van der Waals surface area contributed by atoms with Crippen LogP contribution in [-0.2, 0) is 6.42 Å². The molecule has 2 rings (SSSR count). The second kappa shape index (κ2) is 4.45. The number of nitrogens with zero attached hydrogens (tertiary/aromatic N) is 2. The van der Waals surface area contributed by atoms with Crippen molar-refractivity contribution in [1.82, 2.24) is 9.55 Å². The predicted octanol–water partition coefficient (Wildman–Crippen LogP) is 2.07. The average Bonchev–Trinajstić information content (AvgIpc) is 2.77. The Bertz CT molecular complexity index is 499. The summed E-state index contributed by atoms with van der Waals surface area (Å²) in [7, 11) is 0. The Morgan fingerprint density at radius 2 is 2.06 bits per heavy atom. The van der Waals surface area contributed by atoms with Gasteiger partial charge in [-0.1, -0.05) is 19.1 Å². The van der Waals surface area contributed by atoms with Crippen LogP contribution in [0.1, 0.15) is 18.3 Å². The molecule has 1 aromatic carbocycles. The van der Waals surface area contributed by atoms with Crippen LogP contribution in [-0.4, -0.2) is 14.5 Å². The van der Waals surface area contributed by atoms with Crippen molar-refractivity contribution in [2.75, 3.05) is 0 Å². The van der Waals surface area contributed by atoms with Gasteiger partial charge in [-0.05, 0) is 24.3 Å². The molecule has 0 fully saturated rings. The molecule has 0 atom stereocenters. The van der Waals surface area contributed by atoms with E-state index in [1.54, 1.807) is 6.20 Å². The van der Waals surface area contributed by atoms with E-state index in [1.807, 2.05) is 30.5 Å². The summed E-state index contributed by atoms with van der Waals surface area (Å²) in [4.78, 5) is 4.71. The minimum Gasteiger partial charge on any atom is -0.389 e. The van der Waals surface area contributed by atoms with Crippen molar-refractivity contribution in [3.8, 4) is 5.69 Å². The van der Waals surface area contributed by atoms with Gasteiger partial charge in [0.05, 0.1) is 0 Å². The van der Waals surface area contributed by atoms with Crippen LogP contribution in [0, 0.1) is 0 Å². The van der Waals surface area contributed by atoms with Gasteiger partial charge >= 0.3 is 0 Å². The molecule has 0 aliphatic carbocycles. The quantitative estimate of drug-likeness (QED) is 0.822. The molecule has 0 aliphatic rings. The zero-order valence-corrected chi connectivity index (χ0v) is 9.87. The lowest BCUT2D eigenvalue weighted by molar-refractivity contribution is 0.891. The van der Waals surface area contributed by atoms with Gasteiger partial charge in [-0.2, -0.15) is 0 Å². The normalized spacial score (nSPS) is 10.3. The van der Waals surface area contributed by atoms with E-state index in [0.717, 1.165) is 23.5 Å². The van der Waals surface area contributed by atoms with Crippen molar-refractivity contribution in [1.29, 1.82) is 0 Å². The highest BCUT2D eigenvalue weighted by Gasteiger charge is 2.03. The first kappa shape index (κ1) is 10.8. The van der Waals surface area contributed by atoms with Crippen molar-refractivity contribution in [2.24, 2.45) is 5.73 Å². The van der Waals surface area contributed by atoms with Gasteiger partial charge in [0.15, 0.2) is 0 Å². The fourth-order valence-corrected chi connectivity index (χ4v) is 1.75. The van der Waals surface area contributed by atoms with E-state index in [1.165, 1.54) is 0 Å². The van der Waals surface area contributed by atoms with Crippen LogP contribution in [0.4, 0.5) is 0 Å². The number of imidazole rings is 1. The molecule has 0 saturated carbocycles. The molecular weight excluding hydrogens is 218 g/mol. The third-order valence-electron chi connectivity index (χ3n) is 2.46. The standard InChI is InChI=1S/C12H13N3S/c1-2-11-14-7-8-15(11)10-5-3-9(4-6-10)12(13)16/h3-8H,2H2,1H3,(H2,13,16). The Hall–Kier alpha value is -1.68. The largest absolute Gasteiger partial charge is 0.389 e. The highest BCUT2D eigenvalue weighted by Crippen LogP contribution is 2.12. The second-order valence-corrected chi connectivity index (χ2v) is 3.92. The molecule has 0 amide bonds. The molecule has 2 aromatic rings. The van der Waals surface area contributed by atoms with E-state index in [9.17, 15) is 0 Å². The number of benzene rings is 1. The Morgan fingerprint density at radius 1 is 1.38 bits per heavy atom. The first-order chi connectivity index (χ1) is 7.72. The first-order valence-electron chi connectivity index (χ1n) is 5.15. The zero-order chi connectivity index (χ0) is 11.5. The van der Waals surface area contributed by atoms with Crippen LogP contribution in [0.3, 0.4) is 0 Å². The van der Waals surface area contributed by atoms with Gasteiger partial charge in [-0.15, -0.1) is 0 Å². The number of nitrogens with two attached hydrogens (primary N) is 1. The summed E-state index contributed by atoms with van der Waals surface area (Å²) in [6.07, 6.45) is 4.67. The molecule has 82 valence electrons. The predicted molar refractivity (Wildman–Crippen MR) is 68.8 cm³/mol. The molecule has 4 heteroatoms. The number of aryl methyl sites for hydroxylation is 1.